The van der Waals surface area contributed by atoms with Crippen LogP contribution in [0.4, 0.5) is 5.69 Å². The van der Waals surface area contributed by atoms with Crippen LogP contribution in [0.3, 0.4) is 0 Å². The molecular formula is C20H17N5O2S. The van der Waals surface area contributed by atoms with Crippen molar-refractivity contribution in [2.75, 3.05) is 5.32 Å². The number of benzene rings is 2. The van der Waals surface area contributed by atoms with Gasteiger partial charge in [-0.2, -0.15) is 5.10 Å². The Bertz CT molecular complexity index is 1160. The molecule has 0 saturated carbocycles. The molecule has 4 rings (SSSR count). The molecule has 2 heterocycles. The van der Waals surface area contributed by atoms with E-state index in [1.165, 1.54) is 12.4 Å². The summed E-state index contributed by atoms with van der Waals surface area (Å²) in [6, 6.07) is 12.5. The largest absolute Gasteiger partial charge is 0.508 e. The zero-order chi connectivity index (χ0) is 19.5. The summed E-state index contributed by atoms with van der Waals surface area (Å²) in [5, 5.41) is 21.1. The molecule has 0 aliphatic rings. The molecule has 4 aromatic rings. The highest BCUT2D eigenvalue weighted by Gasteiger charge is 2.10. The lowest BCUT2D eigenvalue weighted by Crippen LogP contribution is -2.12. The summed E-state index contributed by atoms with van der Waals surface area (Å²) in [7, 11) is 0. The summed E-state index contributed by atoms with van der Waals surface area (Å²) >= 11 is 1.58. The second kappa shape index (κ2) is 7.69. The number of phenolic OH excluding ortho intramolecular Hbond substituents is 1. The molecule has 8 heteroatoms. The van der Waals surface area contributed by atoms with Crippen LogP contribution in [0.15, 0.2) is 60.0 Å². The molecule has 2 aromatic heterocycles. The summed E-state index contributed by atoms with van der Waals surface area (Å²) in [6.45, 7) is 1.76. The number of rotatable bonds is 5. The number of amides is 1. The van der Waals surface area contributed by atoms with Crippen molar-refractivity contribution in [1.82, 2.24) is 20.2 Å². The fourth-order valence-corrected chi connectivity index (χ4v) is 3.66. The van der Waals surface area contributed by atoms with Gasteiger partial charge in [0.15, 0.2) is 5.65 Å². The summed E-state index contributed by atoms with van der Waals surface area (Å²) in [5.74, 6) is 0.648. The van der Waals surface area contributed by atoms with E-state index in [9.17, 15) is 9.90 Å². The summed E-state index contributed by atoms with van der Waals surface area (Å²) in [6.07, 6.45) is 3.23. The maximum atomic E-state index is 12.5. The van der Waals surface area contributed by atoms with Crippen molar-refractivity contribution >= 4 is 34.4 Å². The number of carbonyl (C=O) groups excluding carboxylic acids is 1. The normalized spacial score (nSPS) is 10.9. The number of fused-ring (bicyclic) bond motifs is 1. The number of aromatic nitrogens is 4. The molecule has 0 unspecified atom stereocenters. The molecule has 0 aliphatic carbocycles. The number of nitrogens with zero attached hydrogens (tertiary/aromatic N) is 3. The molecule has 1 amide bonds. The zero-order valence-electron chi connectivity index (χ0n) is 15.0. The summed E-state index contributed by atoms with van der Waals surface area (Å²) in [4.78, 5) is 20.9. The first-order chi connectivity index (χ1) is 13.6. The van der Waals surface area contributed by atoms with Crippen LogP contribution in [0.5, 0.6) is 5.75 Å². The van der Waals surface area contributed by atoms with Crippen molar-refractivity contribution in [3.8, 4) is 5.75 Å². The zero-order valence-corrected chi connectivity index (χ0v) is 15.8. The third-order valence-corrected chi connectivity index (χ3v) is 5.31. The smallest absolute Gasteiger partial charge is 0.255 e. The summed E-state index contributed by atoms with van der Waals surface area (Å²) in [5.41, 5.74) is 3.64. The van der Waals surface area contributed by atoms with Crippen molar-refractivity contribution < 1.29 is 9.90 Å². The van der Waals surface area contributed by atoms with Crippen LogP contribution in [-0.4, -0.2) is 31.2 Å². The van der Waals surface area contributed by atoms with E-state index in [0.29, 0.717) is 28.2 Å². The number of phenols is 1. The number of hydrogen-bond donors (Lipinski definition) is 3. The molecule has 2 aromatic carbocycles. The van der Waals surface area contributed by atoms with Gasteiger partial charge in [0.05, 0.1) is 11.6 Å². The Hall–Kier alpha value is -3.39. The van der Waals surface area contributed by atoms with Gasteiger partial charge in [-0.3, -0.25) is 9.89 Å². The van der Waals surface area contributed by atoms with Gasteiger partial charge in [0.2, 0.25) is 0 Å². The van der Waals surface area contributed by atoms with Gasteiger partial charge in [-0.25, -0.2) is 9.97 Å². The molecular weight excluding hydrogens is 374 g/mol. The van der Waals surface area contributed by atoms with Crippen LogP contribution < -0.4 is 5.32 Å². The SMILES string of the molecule is Cc1cc(C(=O)Nc2cccc(CSc3ncnc4[nH]ncc34)c2)ccc1O. The highest BCUT2D eigenvalue weighted by molar-refractivity contribution is 7.98. The van der Waals surface area contributed by atoms with Gasteiger partial charge in [-0.05, 0) is 48.4 Å². The molecule has 0 aliphatic heterocycles. The third-order valence-electron chi connectivity index (χ3n) is 4.23. The number of hydrogen-bond acceptors (Lipinski definition) is 6. The first kappa shape index (κ1) is 18.0. The van der Waals surface area contributed by atoms with E-state index in [2.05, 4.69) is 25.5 Å². The fourth-order valence-electron chi connectivity index (χ4n) is 2.75. The molecule has 0 saturated heterocycles. The topological polar surface area (TPSA) is 104 Å². The minimum absolute atomic E-state index is 0.173. The van der Waals surface area contributed by atoms with Gasteiger partial charge >= 0.3 is 0 Å². The Kier molecular flexibility index (Phi) is 4.94. The number of H-pyrrole nitrogens is 1. The Morgan fingerprint density at radius 3 is 2.96 bits per heavy atom. The quantitative estimate of drug-likeness (QED) is 0.352. The molecule has 140 valence electrons. The van der Waals surface area contributed by atoms with Crippen molar-refractivity contribution in [1.29, 1.82) is 0 Å². The van der Waals surface area contributed by atoms with Gasteiger partial charge < -0.3 is 10.4 Å². The monoisotopic (exact) mass is 391 g/mol. The average molecular weight is 391 g/mol. The molecule has 0 radical (unpaired) electrons. The van der Waals surface area contributed by atoms with Crippen LogP contribution >= 0.6 is 11.8 Å². The highest BCUT2D eigenvalue weighted by atomic mass is 32.2. The van der Waals surface area contributed by atoms with E-state index >= 15 is 0 Å². The lowest BCUT2D eigenvalue weighted by Gasteiger charge is -2.09. The molecule has 3 N–H and O–H groups in total. The minimum atomic E-state index is -0.219. The van der Waals surface area contributed by atoms with Crippen molar-refractivity contribution in [3.63, 3.8) is 0 Å². The van der Waals surface area contributed by atoms with E-state index in [-0.39, 0.29) is 11.7 Å². The average Bonchev–Trinajstić information content (AvgIpc) is 3.18. The molecule has 7 nitrogen and oxygen atoms in total. The Morgan fingerprint density at radius 2 is 2.11 bits per heavy atom. The second-order valence-electron chi connectivity index (χ2n) is 6.26. The summed E-state index contributed by atoms with van der Waals surface area (Å²) < 4.78 is 0. The number of aromatic amines is 1. The number of carbonyl (C=O) groups is 1. The van der Waals surface area contributed by atoms with E-state index in [1.807, 2.05) is 24.3 Å². The van der Waals surface area contributed by atoms with E-state index in [1.54, 1.807) is 37.0 Å². The van der Waals surface area contributed by atoms with Crippen LogP contribution in [0.25, 0.3) is 11.0 Å². The van der Waals surface area contributed by atoms with Gasteiger partial charge in [0.25, 0.3) is 5.91 Å². The Balaban J connectivity index is 1.46. The maximum Gasteiger partial charge on any atom is 0.255 e. The van der Waals surface area contributed by atoms with Crippen LogP contribution in [0, 0.1) is 6.92 Å². The lowest BCUT2D eigenvalue weighted by atomic mass is 10.1. The van der Waals surface area contributed by atoms with E-state index in [4.69, 9.17) is 0 Å². The Morgan fingerprint density at radius 1 is 1.21 bits per heavy atom. The predicted molar refractivity (Wildman–Crippen MR) is 108 cm³/mol. The number of anilines is 1. The minimum Gasteiger partial charge on any atom is -0.508 e. The molecule has 0 atom stereocenters. The predicted octanol–water partition coefficient (Wildman–Crippen LogP) is 3.91. The van der Waals surface area contributed by atoms with Gasteiger partial charge in [0.1, 0.15) is 17.1 Å². The molecule has 28 heavy (non-hydrogen) atoms. The highest BCUT2D eigenvalue weighted by Crippen LogP contribution is 2.27. The lowest BCUT2D eigenvalue weighted by molar-refractivity contribution is 0.102. The third kappa shape index (κ3) is 3.81. The van der Waals surface area contributed by atoms with Crippen molar-refractivity contribution in [2.45, 2.75) is 17.7 Å². The standard InChI is InChI=1S/C20H17N5O2S/c1-12-7-14(5-6-17(12)26)19(27)24-15-4-2-3-13(8-15)10-28-20-16-9-23-25-18(16)21-11-22-20/h2-9,11,26H,10H2,1H3,(H,24,27)(H,21,22,23,25). The number of thioether (sulfide) groups is 1. The Labute approximate surface area is 165 Å². The molecule has 0 bridgehead atoms. The van der Waals surface area contributed by atoms with Crippen LogP contribution in [0.1, 0.15) is 21.5 Å². The first-order valence-electron chi connectivity index (χ1n) is 8.57. The molecule has 0 fully saturated rings. The van der Waals surface area contributed by atoms with Gasteiger partial charge in [-0.1, -0.05) is 12.1 Å². The van der Waals surface area contributed by atoms with E-state index < -0.39 is 0 Å². The van der Waals surface area contributed by atoms with Gasteiger partial charge in [-0.15, -0.1) is 11.8 Å². The number of nitrogens with one attached hydrogen (secondary N) is 2. The van der Waals surface area contributed by atoms with Gasteiger partial charge in [0, 0.05) is 17.0 Å². The second-order valence-corrected chi connectivity index (χ2v) is 7.22. The molecule has 0 spiro atoms. The first-order valence-corrected chi connectivity index (χ1v) is 9.55. The number of aromatic hydroxyl groups is 1. The van der Waals surface area contributed by atoms with Crippen molar-refractivity contribution in [2.24, 2.45) is 0 Å². The van der Waals surface area contributed by atoms with Crippen LogP contribution in [-0.2, 0) is 5.75 Å². The van der Waals surface area contributed by atoms with E-state index in [0.717, 1.165) is 16.0 Å². The van der Waals surface area contributed by atoms with Crippen molar-refractivity contribution in [3.05, 3.63) is 71.7 Å². The maximum absolute atomic E-state index is 12.5. The van der Waals surface area contributed by atoms with Crippen LogP contribution in [0.2, 0.25) is 0 Å². The number of aryl methyl sites for hydroxylation is 1. The fraction of sp³-hybridized carbons (Fsp3) is 0.100.